The fraction of sp³-hybridized carbons (Fsp3) is 0.278. The van der Waals surface area contributed by atoms with Crippen molar-refractivity contribution in [2.24, 2.45) is 0 Å². The quantitative estimate of drug-likeness (QED) is 0.721. The second kappa shape index (κ2) is 8.49. The molecule has 2 aromatic rings. The molecule has 0 saturated heterocycles. The Hall–Kier alpha value is -2.34. The third-order valence-electron chi connectivity index (χ3n) is 3.45. The number of rotatable bonds is 8. The molecule has 6 heteroatoms. The van der Waals surface area contributed by atoms with Gasteiger partial charge in [-0.15, -0.1) is 0 Å². The maximum Gasteiger partial charge on any atom is 0.253 e. The summed E-state index contributed by atoms with van der Waals surface area (Å²) in [6.07, 6.45) is 1.86. The monoisotopic (exact) mass is 346 g/mol. The highest BCUT2D eigenvalue weighted by Crippen LogP contribution is 2.18. The molecule has 0 heterocycles. The minimum absolute atomic E-state index is 0.139. The largest absolute Gasteiger partial charge is 0.352 e. The Labute approximate surface area is 143 Å². The zero-order valence-electron chi connectivity index (χ0n) is 13.7. The summed E-state index contributed by atoms with van der Waals surface area (Å²) in [5.41, 5.74) is 1.31. The number of anilines is 1. The second-order valence-electron chi connectivity index (χ2n) is 5.50. The molecule has 0 aliphatic carbocycles. The molecule has 2 N–H and O–H groups in total. The van der Waals surface area contributed by atoms with Gasteiger partial charge < -0.3 is 5.32 Å². The Morgan fingerprint density at radius 2 is 1.67 bits per heavy atom. The molecule has 2 aromatic carbocycles. The van der Waals surface area contributed by atoms with Crippen molar-refractivity contribution in [3.05, 3.63) is 65.7 Å². The van der Waals surface area contributed by atoms with E-state index in [-0.39, 0.29) is 11.7 Å². The molecule has 2 rings (SSSR count). The van der Waals surface area contributed by atoms with Crippen molar-refractivity contribution in [1.29, 1.82) is 0 Å². The number of hydrogen-bond acceptors (Lipinski definition) is 3. The topological polar surface area (TPSA) is 75.3 Å². The number of amides is 1. The summed E-state index contributed by atoms with van der Waals surface area (Å²) in [5, 5.41) is 2.80. The molecule has 0 unspecified atom stereocenters. The van der Waals surface area contributed by atoms with E-state index in [0.29, 0.717) is 23.4 Å². The fourth-order valence-electron chi connectivity index (χ4n) is 2.24. The van der Waals surface area contributed by atoms with Gasteiger partial charge in [0.15, 0.2) is 0 Å². The van der Waals surface area contributed by atoms with E-state index in [1.54, 1.807) is 48.5 Å². The lowest BCUT2D eigenvalue weighted by Gasteiger charge is -2.12. The summed E-state index contributed by atoms with van der Waals surface area (Å²) in [6.45, 7) is 2.61. The number of para-hydroxylation sites is 1. The molecular weight excluding hydrogens is 324 g/mol. The molecule has 24 heavy (non-hydrogen) atoms. The van der Waals surface area contributed by atoms with Crippen LogP contribution in [0.2, 0.25) is 0 Å². The van der Waals surface area contributed by atoms with E-state index in [1.165, 1.54) is 0 Å². The van der Waals surface area contributed by atoms with Gasteiger partial charge in [0.2, 0.25) is 10.0 Å². The van der Waals surface area contributed by atoms with E-state index in [9.17, 15) is 13.2 Å². The Balaban J connectivity index is 2.13. The smallest absolute Gasteiger partial charge is 0.253 e. The van der Waals surface area contributed by atoms with Crippen LogP contribution >= 0.6 is 0 Å². The molecule has 1 amide bonds. The van der Waals surface area contributed by atoms with Crippen molar-refractivity contribution in [2.45, 2.75) is 25.5 Å². The lowest BCUT2D eigenvalue weighted by molar-refractivity contribution is 0.0954. The Morgan fingerprint density at radius 1 is 1.00 bits per heavy atom. The first-order valence-corrected chi connectivity index (χ1v) is 9.58. The third-order valence-corrected chi connectivity index (χ3v) is 4.70. The van der Waals surface area contributed by atoms with Gasteiger partial charge >= 0.3 is 0 Å². The number of unbranched alkanes of at least 4 members (excludes halogenated alkanes) is 1. The van der Waals surface area contributed by atoms with Crippen molar-refractivity contribution >= 4 is 21.6 Å². The number of sulfonamides is 1. The van der Waals surface area contributed by atoms with E-state index in [4.69, 9.17) is 0 Å². The van der Waals surface area contributed by atoms with Gasteiger partial charge in [0.25, 0.3) is 5.91 Å². The molecule has 0 radical (unpaired) electrons. The molecule has 0 aliphatic rings. The lowest BCUT2D eigenvalue weighted by atomic mass is 10.1. The summed E-state index contributed by atoms with van der Waals surface area (Å²) in [5.74, 6) is -0.416. The highest BCUT2D eigenvalue weighted by Gasteiger charge is 2.16. The highest BCUT2D eigenvalue weighted by atomic mass is 32.2. The van der Waals surface area contributed by atoms with Crippen LogP contribution in [0.4, 0.5) is 5.69 Å². The van der Waals surface area contributed by atoms with Gasteiger partial charge in [-0.3, -0.25) is 9.52 Å². The maximum absolute atomic E-state index is 12.4. The molecular formula is C18H22N2O3S. The van der Waals surface area contributed by atoms with Gasteiger partial charge in [-0.05, 0) is 24.1 Å². The maximum atomic E-state index is 12.4. The van der Waals surface area contributed by atoms with Crippen LogP contribution in [0, 0.1) is 0 Å². The van der Waals surface area contributed by atoms with Crippen LogP contribution in [0.1, 0.15) is 35.7 Å². The summed E-state index contributed by atoms with van der Waals surface area (Å²) in [6, 6.07) is 15.5. The summed E-state index contributed by atoms with van der Waals surface area (Å²) < 4.78 is 27.2. The van der Waals surface area contributed by atoms with Crippen molar-refractivity contribution < 1.29 is 13.2 Å². The number of carbonyl (C=O) groups is 1. The average Bonchev–Trinajstić information content (AvgIpc) is 2.55. The van der Waals surface area contributed by atoms with E-state index in [0.717, 1.165) is 12.8 Å². The van der Waals surface area contributed by atoms with E-state index in [1.807, 2.05) is 13.0 Å². The standard InChI is InChI=1S/C18H22N2O3S/c1-2-3-13-19-18(21)16-11-7-8-12-17(16)20-24(22,23)14-15-9-5-4-6-10-15/h4-12,20H,2-3,13-14H2,1H3,(H,19,21). The van der Waals surface area contributed by atoms with Crippen molar-refractivity contribution in [3.8, 4) is 0 Å². The van der Waals surface area contributed by atoms with Crippen molar-refractivity contribution in [2.75, 3.05) is 11.3 Å². The van der Waals surface area contributed by atoms with Gasteiger partial charge in [0, 0.05) is 6.54 Å². The first-order chi connectivity index (χ1) is 11.5. The number of hydrogen-bond donors (Lipinski definition) is 2. The van der Waals surface area contributed by atoms with Crippen LogP contribution in [0.3, 0.4) is 0 Å². The van der Waals surface area contributed by atoms with Gasteiger partial charge in [-0.25, -0.2) is 8.42 Å². The number of carbonyl (C=O) groups excluding carboxylic acids is 1. The minimum atomic E-state index is -3.60. The third kappa shape index (κ3) is 5.38. The summed E-state index contributed by atoms with van der Waals surface area (Å²) in [4.78, 5) is 12.2. The van der Waals surface area contributed by atoms with Gasteiger partial charge in [-0.2, -0.15) is 0 Å². The Kier molecular flexibility index (Phi) is 6.37. The first kappa shape index (κ1) is 18.0. The predicted molar refractivity (Wildman–Crippen MR) is 96.4 cm³/mol. The molecule has 0 aromatic heterocycles. The molecule has 0 atom stereocenters. The molecule has 0 aliphatic heterocycles. The van der Waals surface area contributed by atoms with Crippen molar-refractivity contribution in [1.82, 2.24) is 5.32 Å². The van der Waals surface area contributed by atoms with Crippen molar-refractivity contribution in [3.63, 3.8) is 0 Å². The highest BCUT2D eigenvalue weighted by molar-refractivity contribution is 7.91. The van der Waals surface area contributed by atoms with E-state index < -0.39 is 10.0 Å². The first-order valence-electron chi connectivity index (χ1n) is 7.93. The predicted octanol–water partition coefficient (Wildman–Crippen LogP) is 3.16. The molecule has 0 saturated carbocycles. The Bertz CT molecular complexity index is 774. The normalized spacial score (nSPS) is 11.0. The zero-order valence-corrected chi connectivity index (χ0v) is 14.5. The van der Waals surface area contributed by atoms with Crippen LogP contribution in [0.5, 0.6) is 0 Å². The van der Waals surface area contributed by atoms with Crippen LogP contribution < -0.4 is 10.0 Å². The van der Waals surface area contributed by atoms with Crippen LogP contribution in [0.15, 0.2) is 54.6 Å². The van der Waals surface area contributed by atoms with Gasteiger partial charge in [0.05, 0.1) is 17.0 Å². The average molecular weight is 346 g/mol. The molecule has 5 nitrogen and oxygen atoms in total. The van der Waals surface area contributed by atoms with Crippen LogP contribution in [-0.4, -0.2) is 20.9 Å². The number of benzene rings is 2. The van der Waals surface area contributed by atoms with E-state index >= 15 is 0 Å². The SMILES string of the molecule is CCCCNC(=O)c1ccccc1NS(=O)(=O)Cc1ccccc1. The second-order valence-corrected chi connectivity index (χ2v) is 7.22. The summed E-state index contributed by atoms with van der Waals surface area (Å²) >= 11 is 0. The minimum Gasteiger partial charge on any atom is -0.352 e. The van der Waals surface area contributed by atoms with Crippen LogP contribution in [0.25, 0.3) is 0 Å². The number of nitrogens with one attached hydrogen (secondary N) is 2. The molecule has 0 fully saturated rings. The molecule has 0 spiro atoms. The zero-order chi connectivity index (χ0) is 17.4. The van der Waals surface area contributed by atoms with Gasteiger partial charge in [0.1, 0.15) is 0 Å². The fourth-order valence-corrected chi connectivity index (χ4v) is 3.46. The molecule has 128 valence electrons. The van der Waals surface area contributed by atoms with Crippen LogP contribution in [-0.2, 0) is 15.8 Å². The van der Waals surface area contributed by atoms with E-state index in [2.05, 4.69) is 10.0 Å². The van der Waals surface area contributed by atoms with Gasteiger partial charge in [-0.1, -0.05) is 55.8 Å². The summed E-state index contributed by atoms with van der Waals surface area (Å²) in [7, 11) is -3.60. The molecule has 0 bridgehead atoms. The Morgan fingerprint density at radius 3 is 2.38 bits per heavy atom. The lowest BCUT2D eigenvalue weighted by Crippen LogP contribution is -2.26.